The van der Waals surface area contributed by atoms with Crippen LogP contribution in [0.4, 0.5) is 0 Å². The van der Waals surface area contributed by atoms with E-state index in [0.29, 0.717) is 5.92 Å². The minimum Gasteiger partial charge on any atom is -0.0648 e. The van der Waals surface area contributed by atoms with Gasteiger partial charge in [-0.3, -0.25) is 0 Å². The van der Waals surface area contributed by atoms with E-state index in [4.69, 9.17) is 0 Å². The molecule has 0 aliphatic heterocycles. The highest BCUT2D eigenvalue weighted by Crippen LogP contribution is 2.19. The summed E-state index contributed by atoms with van der Waals surface area (Å²) in [6.07, 6.45) is 7.41. The third-order valence-corrected chi connectivity index (χ3v) is 3.38. The van der Waals surface area contributed by atoms with E-state index in [-0.39, 0.29) is 0 Å². The van der Waals surface area contributed by atoms with Gasteiger partial charge in [0, 0.05) is 0 Å². The predicted molar refractivity (Wildman–Crippen MR) is 72.7 cm³/mol. The van der Waals surface area contributed by atoms with Crippen LogP contribution in [-0.2, 0) is 6.42 Å². The van der Waals surface area contributed by atoms with Crippen molar-refractivity contribution in [1.29, 1.82) is 0 Å². The molecular formula is C16H25. The zero-order chi connectivity index (χ0) is 11.8. The number of hydrogen-bond donors (Lipinski definition) is 0. The van der Waals surface area contributed by atoms with Gasteiger partial charge in [-0.05, 0) is 36.3 Å². The van der Waals surface area contributed by atoms with Crippen LogP contribution in [0.5, 0.6) is 0 Å². The molecule has 0 aromatic heterocycles. The molecule has 0 bridgehead atoms. The van der Waals surface area contributed by atoms with Crippen LogP contribution < -0.4 is 0 Å². The van der Waals surface area contributed by atoms with E-state index >= 15 is 0 Å². The fourth-order valence-electron chi connectivity index (χ4n) is 1.93. The summed E-state index contributed by atoms with van der Waals surface area (Å²) in [7, 11) is 0. The summed E-state index contributed by atoms with van der Waals surface area (Å²) in [6.45, 7) is 8.41. The average molecular weight is 217 g/mol. The minimum absolute atomic E-state index is 0.695. The molecule has 0 aliphatic carbocycles. The third-order valence-electron chi connectivity index (χ3n) is 3.38. The van der Waals surface area contributed by atoms with Crippen molar-refractivity contribution >= 4 is 0 Å². The second-order valence-electron chi connectivity index (χ2n) is 4.72. The smallest absolute Gasteiger partial charge is 0.0193 e. The van der Waals surface area contributed by atoms with Gasteiger partial charge in [-0.15, -0.1) is 0 Å². The summed E-state index contributed by atoms with van der Waals surface area (Å²) < 4.78 is 0. The zero-order valence-electron chi connectivity index (χ0n) is 10.8. The highest BCUT2D eigenvalue weighted by Gasteiger charge is 2.02. The van der Waals surface area contributed by atoms with Crippen LogP contribution >= 0.6 is 0 Å². The summed E-state index contributed by atoms with van der Waals surface area (Å²) in [5.41, 5.74) is 2.96. The molecule has 0 heterocycles. The largest absolute Gasteiger partial charge is 0.0648 e. The van der Waals surface area contributed by atoms with E-state index in [1.165, 1.54) is 43.2 Å². The first kappa shape index (κ1) is 13.3. The monoisotopic (exact) mass is 217 g/mol. The first-order chi connectivity index (χ1) is 7.77. The van der Waals surface area contributed by atoms with E-state index in [1.807, 2.05) is 0 Å². The Morgan fingerprint density at radius 2 is 1.75 bits per heavy atom. The minimum atomic E-state index is 0.695. The van der Waals surface area contributed by atoms with Crippen molar-refractivity contribution in [3.8, 4) is 0 Å². The summed E-state index contributed by atoms with van der Waals surface area (Å²) in [5.74, 6) is 0.695. The lowest BCUT2D eigenvalue weighted by Gasteiger charge is -2.09. The number of unbranched alkanes of at least 4 members (excludes halogenated alkanes) is 3. The molecule has 0 saturated heterocycles. The molecule has 1 atom stereocenters. The lowest BCUT2D eigenvalue weighted by Crippen LogP contribution is -1.92. The average Bonchev–Trinajstić information content (AvgIpc) is 2.34. The highest BCUT2D eigenvalue weighted by molar-refractivity contribution is 5.25. The van der Waals surface area contributed by atoms with Crippen LogP contribution in [0, 0.1) is 6.92 Å². The van der Waals surface area contributed by atoms with Crippen molar-refractivity contribution in [3.05, 3.63) is 42.3 Å². The van der Waals surface area contributed by atoms with Gasteiger partial charge >= 0.3 is 0 Å². The molecule has 1 radical (unpaired) electrons. The second-order valence-corrected chi connectivity index (χ2v) is 4.72. The lowest BCUT2D eigenvalue weighted by molar-refractivity contribution is 0.685. The van der Waals surface area contributed by atoms with Gasteiger partial charge in [-0.1, -0.05) is 64.3 Å². The maximum Gasteiger partial charge on any atom is -0.0193 e. The second kappa shape index (κ2) is 7.49. The van der Waals surface area contributed by atoms with Crippen molar-refractivity contribution in [2.75, 3.05) is 0 Å². The number of benzene rings is 1. The fourth-order valence-corrected chi connectivity index (χ4v) is 1.93. The zero-order valence-corrected chi connectivity index (χ0v) is 10.8. The number of hydrogen-bond acceptors (Lipinski definition) is 0. The van der Waals surface area contributed by atoms with E-state index < -0.39 is 0 Å². The normalized spacial score (nSPS) is 12.7. The number of rotatable bonds is 7. The van der Waals surface area contributed by atoms with Gasteiger partial charge in [0.05, 0.1) is 0 Å². The Balaban J connectivity index is 2.39. The van der Waals surface area contributed by atoms with Crippen LogP contribution in [-0.4, -0.2) is 0 Å². The maximum atomic E-state index is 3.87. The molecule has 0 fully saturated rings. The Morgan fingerprint density at radius 3 is 2.31 bits per heavy atom. The van der Waals surface area contributed by atoms with Gasteiger partial charge in [0.25, 0.3) is 0 Å². The SMILES string of the molecule is [CH2]CCCCCc1ccc(C(C)CC)cc1. The van der Waals surface area contributed by atoms with Crippen LogP contribution in [0.25, 0.3) is 0 Å². The van der Waals surface area contributed by atoms with Crippen molar-refractivity contribution in [2.45, 2.75) is 58.3 Å². The quantitative estimate of drug-likeness (QED) is 0.555. The van der Waals surface area contributed by atoms with Crippen LogP contribution in [0.3, 0.4) is 0 Å². The highest BCUT2D eigenvalue weighted by atomic mass is 14.1. The van der Waals surface area contributed by atoms with Gasteiger partial charge in [0.2, 0.25) is 0 Å². The van der Waals surface area contributed by atoms with Gasteiger partial charge in [0.1, 0.15) is 0 Å². The van der Waals surface area contributed by atoms with Crippen LogP contribution in [0.15, 0.2) is 24.3 Å². The van der Waals surface area contributed by atoms with Crippen LogP contribution in [0.1, 0.15) is 63.0 Å². The Bertz CT molecular complexity index is 271. The Labute approximate surface area is 101 Å². The molecule has 1 rings (SSSR count). The molecule has 0 spiro atoms. The molecule has 1 aromatic carbocycles. The number of aryl methyl sites for hydroxylation is 1. The Morgan fingerprint density at radius 1 is 1.06 bits per heavy atom. The molecule has 0 nitrogen and oxygen atoms in total. The Kier molecular flexibility index (Phi) is 6.22. The summed E-state index contributed by atoms with van der Waals surface area (Å²) in [5, 5.41) is 0. The standard InChI is InChI=1S/C16H25/c1-4-6-7-8-9-15-10-12-16(13-11-15)14(3)5-2/h10-14H,1,4-9H2,2-3H3. The molecule has 0 aliphatic rings. The van der Waals surface area contributed by atoms with E-state index in [9.17, 15) is 0 Å². The first-order valence-corrected chi connectivity index (χ1v) is 6.66. The molecule has 16 heavy (non-hydrogen) atoms. The Hall–Kier alpha value is -0.780. The van der Waals surface area contributed by atoms with Crippen molar-refractivity contribution in [1.82, 2.24) is 0 Å². The third kappa shape index (κ3) is 4.38. The fraction of sp³-hybridized carbons (Fsp3) is 0.562. The molecule has 1 aromatic rings. The van der Waals surface area contributed by atoms with Gasteiger partial charge in [-0.2, -0.15) is 0 Å². The predicted octanol–water partition coefficient (Wildman–Crippen LogP) is 5.14. The summed E-state index contributed by atoms with van der Waals surface area (Å²) >= 11 is 0. The van der Waals surface area contributed by atoms with Gasteiger partial charge in [-0.25, -0.2) is 0 Å². The van der Waals surface area contributed by atoms with Crippen molar-refractivity contribution in [2.24, 2.45) is 0 Å². The summed E-state index contributed by atoms with van der Waals surface area (Å²) in [6, 6.07) is 9.19. The summed E-state index contributed by atoms with van der Waals surface area (Å²) in [4.78, 5) is 0. The van der Waals surface area contributed by atoms with E-state index in [2.05, 4.69) is 45.0 Å². The first-order valence-electron chi connectivity index (χ1n) is 6.66. The molecule has 0 saturated carbocycles. The van der Waals surface area contributed by atoms with Crippen LogP contribution in [0.2, 0.25) is 0 Å². The molecule has 0 amide bonds. The molecule has 1 unspecified atom stereocenters. The van der Waals surface area contributed by atoms with Gasteiger partial charge in [0.15, 0.2) is 0 Å². The van der Waals surface area contributed by atoms with Crippen molar-refractivity contribution < 1.29 is 0 Å². The molecule has 0 heteroatoms. The van der Waals surface area contributed by atoms with Gasteiger partial charge < -0.3 is 0 Å². The lowest BCUT2D eigenvalue weighted by atomic mass is 9.96. The van der Waals surface area contributed by atoms with Crippen molar-refractivity contribution in [3.63, 3.8) is 0 Å². The maximum absolute atomic E-state index is 3.87. The molecular weight excluding hydrogens is 192 g/mol. The molecule has 0 N–H and O–H groups in total. The van der Waals surface area contributed by atoms with E-state index in [0.717, 1.165) is 6.42 Å². The molecule has 89 valence electrons. The van der Waals surface area contributed by atoms with E-state index in [1.54, 1.807) is 0 Å². The topological polar surface area (TPSA) is 0 Å².